The van der Waals surface area contributed by atoms with Gasteiger partial charge in [-0.2, -0.15) is 0 Å². The molecule has 2 saturated carbocycles. The molecule has 2 fully saturated rings. The number of carbonyl (C=O) groups excluding carboxylic acids is 1. The van der Waals surface area contributed by atoms with Crippen molar-refractivity contribution in [2.75, 3.05) is 5.32 Å². The Morgan fingerprint density at radius 3 is 2.82 bits per heavy atom. The lowest BCUT2D eigenvalue weighted by molar-refractivity contribution is -0.121. The van der Waals surface area contributed by atoms with Gasteiger partial charge >= 0.3 is 0 Å². The average Bonchev–Trinajstić information content (AvgIpc) is 2.90. The van der Waals surface area contributed by atoms with Crippen LogP contribution in [0.4, 0.5) is 5.69 Å². The molecule has 0 aromatic heterocycles. The number of carbonyl (C=O) groups is 1. The SMILES string of the molecule is O=C(Nc1cccc(I)c1)C1CC2CCC1C2. The number of benzene rings is 1. The molecule has 17 heavy (non-hydrogen) atoms. The zero-order valence-electron chi connectivity index (χ0n) is 9.66. The van der Waals surface area contributed by atoms with Gasteiger partial charge in [-0.25, -0.2) is 0 Å². The topological polar surface area (TPSA) is 29.1 Å². The van der Waals surface area contributed by atoms with Crippen molar-refractivity contribution in [2.24, 2.45) is 17.8 Å². The van der Waals surface area contributed by atoms with E-state index < -0.39 is 0 Å². The molecule has 2 aliphatic rings. The minimum Gasteiger partial charge on any atom is -0.326 e. The van der Waals surface area contributed by atoms with Crippen LogP contribution in [0.25, 0.3) is 0 Å². The summed E-state index contributed by atoms with van der Waals surface area (Å²) in [5, 5.41) is 3.07. The molecule has 3 unspecified atom stereocenters. The molecule has 90 valence electrons. The lowest BCUT2D eigenvalue weighted by Gasteiger charge is -2.20. The number of rotatable bonds is 2. The minimum absolute atomic E-state index is 0.235. The van der Waals surface area contributed by atoms with Crippen molar-refractivity contribution in [1.82, 2.24) is 0 Å². The van der Waals surface area contributed by atoms with E-state index in [0.717, 1.165) is 21.6 Å². The first kappa shape index (κ1) is 11.5. The third kappa shape index (κ3) is 2.34. The van der Waals surface area contributed by atoms with E-state index >= 15 is 0 Å². The molecule has 2 aliphatic carbocycles. The molecule has 0 heterocycles. The van der Waals surface area contributed by atoms with Crippen molar-refractivity contribution < 1.29 is 4.79 Å². The largest absolute Gasteiger partial charge is 0.326 e. The molecule has 0 radical (unpaired) electrons. The van der Waals surface area contributed by atoms with Gasteiger partial charge < -0.3 is 5.32 Å². The Labute approximate surface area is 115 Å². The summed E-state index contributed by atoms with van der Waals surface area (Å²) in [6.07, 6.45) is 5.00. The van der Waals surface area contributed by atoms with Gasteiger partial charge in [-0.3, -0.25) is 4.79 Å². The van der Waals surface area contributed by atoms with Gasteiger partial charge in [0.1, 0.15) is 0 Å². The highest BCUT2D eigenvalue weighted by Gasteiger charge is 2.42. The van der Waals surface area contributed by atoms with E-state index in [-0.39, 0.29) is 11.8 Å². The summed E-state index contributed by atoms with van der Waals surface area (Å²) in [7, 11) is 0. The van der Waals surface area contributed by atoms with Gasteiger partial charge in [-0.05, 0) is 71.9 Å². The highest BCUT2D eigenvalue weighted by molar-refractivity contribution is 14.1. The van der Waals surface area contributed by atoms with Crippen LogP contribution in [0, 0.1) is 21.3 Å². The highest BCUT2D eigenvalue weighted by atomic mass is 127. The number of halogens is 1. The first-order valence-corrected chi connectivity index (χ1v) is 7.36. The molecule has 3 heteroatoms. The van der Waals surface area contributed by atoms with Crippen molar-refractivity contribution in [3.8, 4) is 0 Å². The smallest absolute Gasteiger partial charge is 0.227 e. The number of amides is 1. The lowest BCUT2D eigenvalue weighted by atomic mass is 9.88. The number of hydrogen-bond donors (Lipinski definition) is 1. The maximum Gasteiger partial charge on any atom is 0.227 e. The first-order valence-electron chi connectivity index (χ1n) is 6.29. The molecule has 1 aromatic carbocycles. The summed E-state index contributed by atoms with van der Waals surface area (Å²) in [4.78, 5) is 12.2. The van der Waals surface area contributed by atoms with Gasteiger partial charge in [0.15, 0.2) is 0 Å². The van der Waals surface area contributed by atoms with Crippen molar-refractivity contribution in [3.05, 3.63) is 27.8 Å². The summed E-state index contributed by atoms with van der Waals surface area (Å²) < 4.78 is 1.16. The fraction of sp³-hybridized carbons (Fsp3) is 0.500. The van der Waals surface area contributed by atoms with Crippen LogP contribution >= 0.6 is 22.6 Å². The van der Waals surface area contributed by atoms with Gasteiger partial charge in [0.05, 0.1) is 0 Å². The van der Waals surface area contributed by atoms with Crippen LogP contribution < -0.4 is 5.32 Å². The van der Waals surface area contributed by atoms with Crippen LogP contribution in [0.3, 0.4) is 0 Å². The van der Waals surface area contributed by atoms with Gasteiger partial charge in [-0.1, -0.05) is 12.5 Å². The quantitative estimate of drug-likeness (QED) is 0.818. The summed E-state index contributed by atoms with van der Waals surface area (Å²) in [6.45, 7) is 0. The predicted molar refractivity (Wildman–Crippen MR) is 76.7 cm³/mol. The fourth-order valence-corrected chi connectivity index (χ4v) is 3.91. The number of hydrogen-bond acceptors (Lipinski definition) is 1. The van der Waals surface area contributed by atoms with Crippen LogP contribution in [-0.2, 0) is 4.79 Å². The predicted octanol–water partition coefficient (Wildman–Crippen LogP) is 3.67. The van der Waals surface area contributed by atoms with Crippen molar-refractivity contribution in [3.63, 3.8) is 0 Å². The van der Waals surface area contributed by atoms with Crippen LogP contribution in [0.1, 0.15) is 25.7 Å². The molecule has 2 bridgehead atoms. The standard InChI is InChI=1S/C14H16INO/c15-11-2-1-3-12(8-11)16-14(17)13-7-9-4-5-10(13)6-9/h1-3,8-10,13H,4-7H2,(H,16,17). The first-order chi connectivity index (χ1) is 8.22. The fourth-order valence-electron chi connectivity index (χ4n) is 3.37. The van der Waals surface area contributed by atoms with E-state index in [0.29, 0.717) is 5.92 Å². The van der Waals surface area contributed by atoms with E-state index in [2.05, 4.69) is 27.9 Å². The van der Waals surface area contributed by atoms with Crippen LogP contribution in [-0.4, -0.2) is 5.91 Å². The van der Waals surface area contributed by atoms with Crippen LogP contribution in [0.5, 0.6) is 0 Å². The van der Waals surface area contributed by atoms with E-state index in [1.165, 1.54) is 19.3 Å². The molecule has 3 atom stereocenters. The van der Waals surface area contributed by atoms with Gasteiger partial charge in [0.25, 0.3) is 0 Å². The Bertz CT molecular complexity index is 446. The van der Waals surface area contributed by atoms with E-state index in [1.807, 2.05) is 24.3 Å². The van der Waals surface area contributed by atoms with Crippen molar-refractivity contribution in [2.45, 2.75) is 25.7 Å². The Hall–Kier alpha value is -0.580. The summed E-state index contributed by atoms with van der Waals surface area (Å²) in [6, 6.07) is 8.00. The zero-order valence-corrected chi connectivity index (χ0v) is 11.8. The molecule has 0 aliphatic heterocycles. The van der Waals surface area contributed by atoms with E-state index in [1.54, 1.807) is 0 Å². The van der Waals surface area contributed by atoms with Gasteiger partial charge in [0.2, 0.25) is 5.91 Å². The Morgan fingerprint density at radius 2 is 2.18 bits per heavy atom. The number of fused-ring (bicyclic) bond motifs is 2. The molecule has 1 N–H and O–H groups in total. The molecular formula is C14H16INO. The highest BCUT2D eigenvalue weighted by Crippen LogP contribution is 2.48. The maximum atomic E-state index is 12.2. The zero-order chi connectivity index (χ0) is 11.8. The van der Waals surface area contributed by atoms with Crippen LogP contribution in [0.2, 0.25) is 0 Å². The molecular weight excluding hydrogens is 325 g/mol. The Kier molecular flexibility index (Phi) is 3.11. The Morgan fingerprint density at radius 1 is 1.29 bits per heavy atom. The molecule has 2 nitrogen and oxygen atoms in total. The Balaban J connectivity index is 1.68. The second-order valence-electron chi connectivity index (χ2n) is 5.28. The minimum atomic E-state index is 0.235. The summed E-state index contributed by atoms with van der Waals surface area (Å²) >= 11 is 2.27. The molecule has 0 saturated heterocycles. The third-order valence-electron chi connectivity index (χ3n) is 4.17. The number of anilines is 1. The van der Waals surface area contributed by atoms with Crippen LogP contribution in [0.15, 0.2) is 24.3 Å². The normalized spacial score (nSPS) is 30.5. The van der Waals surface area contributed by atoms with Crippen molar-refractivity contribution >= 4 is 34.2 Å². The lowest BCUT2D eigenvalue weighted by Crippen LogP contribution is -2.27. The van der Waals surface area contributed by atoms with E-state index in [4.69, 9.17) is 0 Å². The van der Waals surface area contributed by atoms with E-state index in [9.17, 15) is 4.79 Å². The maximum absolute atomic E-state index is 12.2. The summed E-state index contributed by atoms with van der Waals surface area (Å²) in [5.41, 5.74) is 0.935. The van der Waals surface area contributed by atoms with Gasteiger partial charge in [0, 0.05) is 15.2 Å². The molecule has 1 amide bonds. The number of nitrogens with one attached hydrogen (secondary N) is 1. The third-order valence-corrected chi connectivity index (χ3v) is 4.84. The molecule has 1 aromatic rings. The van der Waals surface area contributed by atoms with Crippen molar-refractivity contribution in [1.29, 1.82) is 0 Å². The second kappa shape index (κ2) is 4.59. The molecule has 0 spiro atoms. The van der Waals surface area contributed by atoms with Gasteiger partial charge in [-0.15, -0.1) is 0 Å². The average molecular weight is 341 g/mol. The monoisotopic (exact) mass is 341 g/mol. The summed E-state index contributed by atoms with van der Waals surface area (Å²) in [5.74, 6) is 1.99. The second-order valence-corrected chi connectivity index (χ2v) is 6.53. The molecule has 3 rings (SSSR count).